The first-order valence-corrected chi connectivity index (χ1v) is 5.89. The van der Waals surface area contributed by atoms with Crippen LogP contribution in [-0.2, 0) is 5.54 Å². The summed E-state index contributed by atoms with van der Waals surface area (Å²) in [5.74, 6) is 1.30. The smallest absolute Gasteiger partial charge is 0.109 e. The van der Waals surface area contributed by atoms with Crippen molar-refractivity contribution < 1.29 is 5.11 Å². The molecule has 3 rings (SSSR count). The van der Waals surface area contributed by atoms with Crippen molar-refractivity contribution in [3.8, 4) is 0 Å². The molecule has 0 atom stereocenters. The van der Waals surface area contributed by atoms with Crippen molar-refractivity contribution in [1.29, 1.82) is 0 Å². The lowest BCUT2D eigenvalue weighted by molar-refractivity contribution is 0.214. The average Bonchev–Trinajstić information content (AvgIpc) is 2.74. The Balaban J connectivity index is 1.92. The largest absolute Gasteiger partial charge is 0.394 e. The van der Waals surface area contributed by atoms with E-state index in [0.29, 0.717) is 0 Å². The highest BCUT2D eigenvalue weighted by Crippen LogP contribution is 2.45. The summed E-state index contributed by atoms with van der Waals surface area (Å²) in [4.78, 5) is 2.44. The molecule has 0 radical (unpaired) electrons. The van der Waals surface area contributed by atoms with Gasteiger partial charge in [-0.2, -0.15) is 0 Å². The van der Waals surface area contributed by atoms with Gasteiger partial charge in [-0.05, 0) is 37.8 Å². The number of hydrogen-bond donors (Lipinski definition) is 1. The molecular weight excluding hydrogens is 188 g/mol. The summed E-state index contributed by atoms with van der Waals surface area (Å²) in [6.45, 7) is 2.62. The summed E-state index contributed by atoms with van der Waals surface area (Å²) in [5.41, 5.74) is 0.0431. The zero-order valence-electron chi connectivity index (χ0n) is 9.02. The maximum atomic E-state index is 9.46. The van der Waals surface area contributed by atoms with Crippen LogP contribution in [0, 0.1) is 0 Å². The quantitative estimate of drug-likeness (QED) is 0.813. The predicted molar refractivity (Wildman–Crippen MR) is 60.2 cm³/mol. The fourth-order valence-electron chi connectivity index (χ4n) is 2.60. The number of anilines is 1. The summed E-state index contributed by atoms with van der Waals surface area (Å²) in [6, 6.07) is 4.28. The Morgan fingerprint density at radius 3 is 2.60 bits per heavy atom. The first-order chi connectivity index (χ1) is 7.36. The number of aliphatic hydroxyl groups excluding tert-OH is 1. The van der Waals surface area contributed by atoms with Crippen LogP contribution in [0.2, 0.25) is 0 Å². The minimum Gasteiger partial charge on any atom is -0.394 e. The van der Waals surface area contributed by atoms with Gasteiger partial charge < -0.3 is 14.6 Å². The number of aromatic nitrogens is 1. The van der Waals surface area contributed by atoms with Crippen LogP contribution in [0.4, 0.5) is 5.82 Å². The Kier molecular flexibility index (Phi) is 2.02. The van der Waals surface area contributed by atoms with E-state index < -0.39 is 0 Å². The van der Waals surface area contributed by atoms with Gasteiger partial charge in [0, 0.05) is 19.3 Å². The van der Waals surface area contributed by atoms with Crippen LogP contribution in [0.1, 0.15) is 25.7 Å². The topological polar surface area (TPSA) is 28.4 Å². The van der Waals surface area contributed by atoms with E-state index in [-0.39, 0.29) is 12.1 Å². The van der Waals surface area contributed by atoms with Crippen LogP contribution in [0.15, 0.2) is 18.3 Å². The van der Waals surface area contributed by atoms with Crippen molar-refractivity contribution in [2.24, 2.45) is 0 Å². The highest BCUT2D eigenvalue weighted by molar-refractivity contribution is 5.43. The third-order valence-corrected chi connectivity index (χ3v) is 3.79. The van der Waals surface area contributed by atoms with Gasteiger partial charge in [0.1, 0.15) is 5.82 Å². The molecule has 82 valence electrons. The van der Waals surface area contributed by atoms with Crippen molar-refractivity contribution in [3.05, 3.63) is 18.3 Å². The monoisotopic (exact) mass is 206 g/mol. The van der Waals surface area contributed by atoms with Crippen LogP contribution in [-0.4, -0.2) is 29.4 Å². The maximum Gasteiger partial charge on any atom is 0.109 e. The molecule has 0 unspecified atom stereocenters. The summed E-state index contributed by atoms with van der Waals surface area (Å²) >= 11 is 0. The molecule has 0 aromatic carbocycles. The van der Waals surface area contributed by atoms with E-state index in [1.807, 2.05) is 0 Å². The van der Waals surface area contributed by atoms with E-state index in [4.69, 9.17) is 0 Å². The molecule has 0 spiro atoms. The summed E-state index contributed by atoms with van der Waals surface area (Å²) in [6.07, 6.45) is 6.98. The van der Waals surface area contributed by atoms with Crippen molar-refractivity contribution in [2.75, 3.05) is 24.6 Å². The summed E-state index contributed by atoms with van der Waals surface area (Å²) in [5, 5.41) is 9.46. The molecule has 1 aliphatic carbocycles. The molecule has 1 aliphatic heterocycles. The fourth-order valence-corrected chi connectivity index (χ4v) is 2.60. The van der Waals surface area contributed by atoms with Crippen molar-refractivity contribution >= 4 is 5.82 Å². The molecule has 1 saturated carbocycles. The predicted octanol–water partition coefficient (Wildman–Crippen LogP) is 1.57. The van der Waals surface area contributed by atoms with Gasteiger partial charge in [0.05, 0.1) is 12.1 Å². The standard InChI is InChI=1S/C12H18N2O/c15-10-12(5-6-12)14-9-3-4-11(14)13-7-1-2-8-13/h3-4,9,15H,1-2,5-8,10H2. The van der Waals surface area contributed by atoms with E-state index >= 15 is 0 Å². The molecule has 2 heterocycles. The number of rotatable bonds is 3. The van der Waals surface area contributed by atoms with Crippen LogP contribution in [0.5, 0.6) is 0 Å². The van der Waals surface area contributed by atoms with E-state index in [0.717, 1.165) is 12.8 Å². The van der Waals surface area contributed by atoms with Gasteiger partial charge in [-0.1, -0.05) is 0 Å². The van der Waals surface area contributed by atoms with Crippen molar-refractivity contribution in [2.45, 2.75) is 31.2 Å². The van der Waals surface area contributed by atoms with Gasteiger partial charge in [0.15, 0.2) is 0 Å². The third-order valence-electron chi connectivity index (χ3n) is 3.79. The van der Waals surface area contributed by atoms with E-state index in [9.17, 15) is 5.11 Å². The number of hydrogen-bond acceptors (Lipinski definition) is 2. The molecule has 1 saturated heterocycles. The highest BCUT2D eigenvalue weighted by atomic mass is 16.3. The average molecular weight is 206 g/mol. The molecule has 3 nitrogen and oxygen atoms in total. The second-order valence-electron chi connectivity index (χ2n) is 4.81. The van der Waals surface area contributed by atoms with Gasteiger partial charge in [0.2, 0.25) is 0 Å². The Labute approximate surface area is 90.3 Å². The molecule has 1 aromatic heterocycles. The van der Waals surface area contributed by atoms with E-state index in [2.05, 4.69) is 27.8 Å². The highest BCUT2D eigenvalue weighted by Gasteiger charge is 2.45. The molecule has 3 heteroatoms. The molecule has 0 amide bonds. The normalized spacial score (nSPS) is 23.4. The number of nitrogens with zero attached hydrogens (tertiary/aromatic N) is 2. The van der Waals surface area contributed by atoms with Gasteiger partial charge in [-0.15, -0.1) is 0 Å². The molecule has 15 heavy (non-hydrogen) atoms. The summed E-state index contributed by atoms with van der Waals surface area (Å²) in [7, 11) is 0. The Bertz CT molecular complexity index is 348. The van der Waals surface area contributed by atoms with Crippen LogP contribution in [0.3, 0.4) is 0 Å². The molecule has 1 N–H and O–H groups in total. The molecular formula is C12H18N2O. The lowest BCUT2D eigenvalue weighted by Crippen LogP contribution is -2.28. The maximum absolute atomic E-state index is 9.46. The van der Waals surface area contributed by atoms with Crippen molar-refractivity contribution in [1.82, 2.24) is 4.57 Å². The van der Waals surface area contributed by atoms with Crippen molar-refractivity contribution in [3.63, 3.8) is 0 Å². The summed E-state index contributed by atoms with van der Waals surface area (Å²) < 4.78 is 2.29. The first kappa shape index (κ1) is 9.28. The van der Waals surface area contributed by atoms with Crippen LogP contribution >= 0.6 is 0 Å². The van der Waals surface area contributed by atoms with Crippen LogP contribution in [0.25, 0.3) is 0 Å². The Hall–Kier alpha value is -0.960. The fraction of sp³-hybridized carbons (Fsp3) is 0.667. The molecule has 2 fully saturated rings. The Morgan fingerprint density at radius 2 is 2.00 bits per heavy atom. The number of aliphatic hydroxyl groups is 1. The minimum absolute atomic E-state index is 0.0431. The van der Waals surface area contributed by atoms with E-state index in [1.54, 1.807) is 0 Å². The molecule has 2 aliphatic rings. The van der Waals surface area contributed by atoms with E-state index in [1.165, 1.54) is 31.7 Å². The molecule has 1 aromatic rings. The second kappa shape index (κ2) is 3.27. The lowest BCUT2D eigenvalue weighted by Gasteiger charge is -2.25. The zero-order chi connectivity index (χ0) is 10.3. The lowest BCUT2D eigenvalue weighted by atomic mass is 10.3. The second-order valence-corrected chi connectivity index (χ2v) is 4.81. The zero-order valence-corrected chi connectivity index (χ0v) is 9.02. The Morgan fingerprint density at radius 1 is 1.27 bits per heavy atom. The van der Waals surface area contributed by atoms with Crippen LogP contribution < -0.4 is 4.90 Å². The van der Waals surface area contributed by atoms with Gasteiger partial charge in [-0.3, -0.25) is 0 Å². The third kappa shape index (κ3) is 1.37. The first-order valence-electron chi connectivity index (χ1n) is 5.89. The van der Waals surface area contributed by atoms with Gasteiger partial charge >= 0.3 is 0 Å². The minimum atomic E-state index is 0.0431. The SMILES string of the molecule is OCC1(n2cccc2N2CCCC2)CC1. The van der Waals surface area contributed by atoms with Gasteiger partial charge in [-0.25, -0.2) is 0 Å². The van der Waals surface area contributed by atoms with Gasteiger partial charge in [0.25, 0.3) is 0 Å². The molecule has 0 bridgehead atoms.